The van der Waals surface area contributed by atoms with Crippen LogP contribution >= 0.6 is 0 Å². The lowest BCUT2D eigenvalue weighted by Crippen LogP contribution is -2.31. The maximum absolute atomic E-state index is 12.2. The summed E-state index contributed by atoms with van der Waals surface area (Å²) in [6.45, 7) is 4.39. The van der Waals surface area contributed by atoms with Crippen molar-refractivity contribution < 1.29 is 0 Å². The summed E-state index contributed by atoms with van der Waals surface area (Å²) in [5, 5.41) is 3.39. The molecule has 3 heterocycles. The van der Waals surface area contributed by atoms with Crippen LogP contribution in [-0.4, -0.2) is 22.6 Å². The Morgan fingerprint density at radius 1 is 1.47 bits per heavy atom. The second kappa shape index (κ2) is 5.45. The van der Waals surface area contributed by atoms with E-state index in [-0.39, 0.29) is 5.56 Å². The molecule has 2 atom stereocenters. The lowest BCUT2D eigenvalue weighted by Gasteiger charge is -2.24. The smallest absolute Gasteiger partial charge is 0.253 e. The molecule has 2 aliphatic heterocycles. The van der Waals surface area contributed by atoms with E-state index in [1.807, 2.05) is 4.57 Å². The number of rotatable bonds is 3. The topological polar surface area (TPSA) is 46.9 Å². The van der Waals surface area contributed by atoms with Gasteiger partial charge in [0.15, 0.2) is 0 Å². The van der Waals surface area contributed by atoms with Crippen molar-refractivity contribution in [2.45, 2.75) is 51.5 Å². The van der Waals surface area contributed by atoms with E-state index in [2.05, 4.69) is 12.2 Å². The van der Waals surface area contributed by atoms with Crippen LogP contribution < -0.4 is 10.9 Å². The van der Waals surface area contributed by atoms with Crippen LogP contribution in [0.25, 0.3) is 0 Å². The Morgan fingerprint density at radius 3 is 3.16 bits per heavy atom. The number of hydrogen-bond donors (Lipinski definition) is 1. The van der Waals surface area contributed by atoms with E-state index in [0.29, 0.717) is 6.04 Å². The molecule has 0 spiro atoms. The number of hydrogen-bond acceptors (Lipinski definition) is 3. The van der Waals surface area contributed by atoms with Gasteiger partial charge in [0.2, 0.25) is 0 Å². The highest BCUT2D eigenvalue weighted by atomic mass is 16.1. The first kappa shape index (κ1) is 12.9. The molecule has 104 valence electrons. The molecular weight excluding hydrogens is 238 g/mol. The van der Waals surface area contributed by atoms with Gasteiger partial charge in [0.05, 0.1) is 0 Å². The molecule has 3 rings (SSSR count). The van der Waals surface area contributed by atoms with Crippen molar-refractivity contribution in [1.29, 1.82) is 0 Å². The van der Waals surface area contributed by atoms with Gasteiger partial charge in [-0.05, 0) is 58.0 Å². The van der Waals surface area contributed by atoms with Gasteiger partial charge in [-0.2, -0.15) is 0 Å². The maximum Gasteiger partial charge on any atom is 0.253 e. The summed E-state index contributed by atoms with van der Waals surface area (Å²) in [6, 6.07) is 2.07. The van der Waals surface area contributed by atoms with E-state index in [4.69, 9.17) is 4.98 Å². The van der Waals surface area contributed by atoms with Crippen LogP contribution in [0, 0.1) is 5.92 Å². The average Bonchev–Trinajstić information content (AvgIpc) is 2.89. The van der Waals surface area contributed by atoms with Crippen LogP contribution in [0.4, 0.5) is 0 Å². The molecule has 2 unspecified atom stereocenters. The van der Waals surface area contributed by atoms with Gasteiger partial charge < -0.3 is 5.32 Å². The van der Waals surface area contributed by atoms with Crippen molar-refractivity contribution in [3.8, 4) is 0 Å². The zero-order valence-electron chi connectivity index (χ0n) is 11.7. The number of aryl methyl sites for hydroxylation is 2. The third-order valence-electron chi connectivity index (χ3n) is 4.51. The third kappa shape index (κ3) is 2.73. The number of nitrogens with zero attached hydrogens (tertiary/aromatic N) is 2. The van der Waals surface area contributed by atoms with Gasteiger partial charge in [0, 0.05) is 24.2 Å². The average molecular weight is 261 g/mol. The Kier molecular flexibility index (Phi) is 3.69. The molecule has 1 aromatic rings. The Bertz CT molecular complexity index is 503. The molecule has 0 radical (unpaired) electrons. The fourth-order valence-corrected chi connectivity index (χ4v) is 3.36. The van der Waals surface area contributed by atoms with Crippen LogP contribution in [-0.2, 0) is 12.8 Å². The molecule has 0 bridgehead atoms. The fourth-order valence-electron chi connectivity index (χ4n) is 3.36. The molecule has 0 aromatic carbocycles. The van der Waals surface area contributed by atoms with Gasteiger partial charge in [-0.1, -0.05) is 0 Å². The normalized spacial score (nSPS) is 26.4. The molecule has 1 aromatic heterocycles. The van der Waals surface area contributed by atoms with Crippen molar-refractivity contribution in [2.75, 3.05) is 13.1 Å². The summed E-state index contributed by atoms with van der Waals surface area (Å²) in [5.74, 6) is 1.77. The molecule has 0 saturated carbocycles. The van der Waals surface area contributed by atoms with Crippen molar-refractivity contribution in [3.63, 3.8) is 0 Å². The third-order valence-corrected chi connectivity index (χ3v) is 4.51. The predicted molar refractivity (Wildman–Crippen MR) is 75.4 cm³/mol. The molecule has 1 fully saturated rings. The predicted octanol–water partition coefficient (Wildman–Crippen LogP) is 1.68. The Balaban J connectivity index is 1.75. The highest BCUT2D eigenvalue weighted by Gasteiger charge is 2.20. The largest absolute Gasteiger partial charge is 0.316 e. The van der Waals surface area contributed by atoms with E-state index >= 15 is 0 Å². The standard InChI is InChI=1S/C15H23N3O/c1-11-3-2-4-14-17-13(9-15(19)18(11)14)6-5-12-7-8-16-10-12/h9,11-12,16H,2-8,10H2,1H3. The minimum Gasteiger partial charge on any atom is -0.316 e. The fraction of sp³-hybridized carbons (Fsp3) is 0.733. The number of aromatic nitrogens is 2. The van der Waals surface area contributed by atoms with E-state index in [1.54, 1.807) is 6.07 Å². The molecule has 0 aliphatic carbocycles. The molecule has 0 amide bonds. The highest BCUT2D eigenvalue weighted by Crippen LogP contribution is 2.21. The zero-order chi connectivity index (χ0) is 13.2. The van der Waals surface area contributed by atoms with Crippen LogP contribution in [0.3, 0.4) is 0 Å². The molecule has 4 nitrogen and oxygen atoms in total. The van der Waals surface area contributed by atoms with Crippen LogP contribution in [0.15, 0.2) is 10.9 Å². The van der Waals surface area contributed by atoms with Crippen LogP contribution in [0.5, 0.6) is 0 Å². The summed E-state index contributed by atoms with van der Waals surface area (Å²) >= 11 is 0. The van der Waals surface area contributed by atoms with Crippen molar-refractivity contribution in [2.24, 2.45) is 5.92 Å². The summed E-state index contributed by atoms with van der Waals surface area (Å²) in [6.07, 6.45) is 6.58. The molecular formula is C15H23N3O. The van der Waals surface area contributed by atoms with Gasteiger partial charge in [0.25, 0.3) is 5.56 Å². The highest BCUT2D eigenvalue weighted by molar-refractivity contribution is 5.08. The maximum atomic E-state index is 12.2. The molecule has 4 heteroatoms. The second-order valence-corrected chi connectivity index (χ2v) is 6.01. The van der Waals surface area contributed by atoms with Crippen molar-refractivity contribution >= 4 is 0 Å². The monoisotopic (exact) mass is 261 g/mol. The van der Waals surface area contributed by atoms with Gasteiger partial charge in [0.1, 0.15) is 5.82 Å². The van der Waals surface area contributed by atoms with E-state index in [9.17, 15) is 4.79 Å². The summed E-state index contributed by atoms with van der Waals surface area (Å²) in [7, 11) is 0. The van der Waals surface area contributed by atoms with Gasteiger partial charge in [-0.25, -0.2) is 4.98 Å². The van der Waals surface area contributed by atoms with Gasteiger partial charge >= 0.3 is 0 Å². The molecule has 19 heavy (non-hydrogen) atoms. The van der Waals surface area contributed by atoms with E-state index in [1.165, 1.54) is 6.42 Å². The van der Waals surface area contributed by atoms with Gasteiger partial charge in [-0.15, -0.1) is 0 Å². The summed E-state index contributed by atoms with van der Waals surface area (Å²) in [5.41, 5.74) is 1.15. The lowest BCUT2D eigenvalue weighted by atomic mass is 10.0. The quantitative estimate of drug-likeness (QED) is 0.900. The van der Waals surface area contributed by atoms with Crippen LogP contribution in [0.2, 0.25) is 0 Å². The second-order valence-electron chi connectivity index (χ2n) is 6.01. The zero-order valence-corrected chi connectivity index (χ0v) is 11.7. The first-order valence-corrected chi connectivity index (χ1v) is 7.56. The van der Waals surface area contributed by atoms with E-state index < -0.39 is 0 Å². The molecule has 1 saturated heterocycles. The number of nitrogens with one attached hydrogen (secondary N) is 1. The molecule has 1 N–H and O–H groups in total. The van der Waals surface area contributed by atoms with Crippen molar-refractivity contribution in [3.05, 3.63) is 27.9 Å². The summed E-state index contributed by atoms with van der Waals surface area (Å²) in [4.78, 5) is 16.9. The Labute approximate surface area is 114 Å². The minimum atomic E-state index is 0.150. The first-order valence-electron chi connectivity index (χ1n) is 7.56. The lowest BCUT2D eigenvalue weighted by molar-refractivity contribution is 0.402. The minimum absolute atomic E-state index is 0.150. The Hall–Kier alpha value is -1.16. The first-order chi connectivity index (χ1) is 9.24. The Morgan fingerprint density at radius 2 is 2.37 bits per heavy atom. The van der Waals surface area contributed by atoms with E-state index in [0.717, 1.165) is 62.6 Å². The molecule has 2 aliphatic rings. The summed E-state index contributed by atoms with van der Waals surface area (Å²) < 4.78 is 1.89. The van der Waals surface area contributed by atoms with Crippen molar-refractivity contribution in [1.82, 2.24) is 14.9 Å². The SMILES string of the molecule is CC1CCCc2nc(CCC3CCNC3)cc(=O)n21. The van der Waals surface area contributed by atoms with Crippen LogP contribution in [0.1, 0.15) is 50.2 Å². The number of fused-ring (bicyclic) bond motifs is 1. The van der Waals surface area contributed by atoms with Gasteiger partial charge in [-0.3, -0.25) is 9.36 Å².